The van der Waals surface area contributed by atoms with Crippen LogP contribution in [-0.2, 0) is 11.2 Å². The molecule has 0 heterocycles. The smallest absolute Gasteiger partial charge is 0.224 e. The predicted octanol–water partition coefficient (Wildman–Crippen LogP) is 3.87. The van der Waals surface area contributed by atoms with E-state index in [-0.39, 0.29) is 5.91 Å². The SMILES string of the molecule is CCCCC(CC)CNC(=O)Cc1ccccc1C. The summed E-state index contributed by atoms with van der Waals surface area (Å²) in [5.41, 5.74) is 2.32. The van der Waals surface area contributed by atoms with Crippen LogP contribution in [0.1, 0.15) is 50.7 Å². The highest BCUT2D eigenvalue weighted by molar-refractivity contribution is 5.78. The van der Waals surface area contributed by atoms with Crippen LogP contribution >= 0.6 is 0 Å². The third-order valence-corrected chi connectivity index (χ3v) is 3.74. The first-order valence-corrected chi connectivity index (χ1v) is 7.48. The molecule has 0 aliphatic rings. The lowest BCUT2D eigenvalue weighted by atomic mass is 9.99. The molecule has 0 saturated heterocycles. The molecule has 1 amide bonds. The molecule has 0 radical (unpaired) electrons. The molecule has 19 heavy (non-hydrogen) atoms. The first-order valence-electron chi connectivity index (χ1n) is 7.48. The summed E-state index contributed by atoms with van der Waals surface area (Å²) in [6.45, 7) is 7.29. The average Bonchev–Trinajstić information content (AvgIpc) is 2.41. The van der Waals surface area contributed by atoms with Gasteiger partial charge in [-0.15, -0.1) is 0 Å². The second-order valence-corrected chi connectivity index (χ2v) is 5.32. The van der Waals surface area contributed by atoms with Crippen LogP contribution in [0, 0.1) is 12.8 Å². The van der Waals surface area contributed by atoms with Crippen molar-refractivity contribution in [1.82, 2.24) is 5.32 Å². The quantitative estimate of drug-likeness (QED) is 0.756. The van der Waals surface area contributed by atoms with Crippen molar-refractivity contribution in [1.29, 1.82) is 0 Å². The Bertz CT molecular complexity index is 387. The number of carbonyl (C=O) groups is 1. The van der Waals surface area contributed by atoms with Crippen LogP contribution in [0.25, 0.3) is 0 Å². The van der Waals surface area contributed by atoms with Crippen molar-refractivity contribution < 1.29 is 4.79 Å². The lowest BCUT2D eigenvalue weighted by Gasteiger charge is -2.15. The highest BCUT2D eigenvalue weighted by Crippen LogP contribution is 2.12. The van der Waals surface area contributed by atoms with Gasteiger partial charge in [-0.1, -0.05) is 57.4 Å². The molecule has 1 aromatic rings. The van der Waals surface area contributed by atoms with Gasteiger partial charge in [0.05, 0.1) is 6.42 Å². The first kappa shape index (κ1) is 15.7. The van der Waals surface area contributed by atoms with Crippen molar-refractivity contribution in [3.8, 4) is 0 Å². The number of hydrogen-bond acceptors (Lipinski definition) is 1. The van der Waals surface area contributed by atoms with E-state index >= 15 is 0 Å². The lowest BCUT2D eigenvalue weighted by Crippen LogP contribution is -2.30. The van der Waals surface area contributed by atoms with Gasteiger partial charge < -0.3 is 5.32 Å². The van der Waals surface area contributed by atoms with Gasteiger partial charge in [-0.2, -0.15) is 0 Å². The van der Waals surface area contributed by atoms with Gasteiger partial charge in [-0.25, -0.2) is 0 Å². The average molecular weight is 261 g/mol. The van der Waals surface area contributed by atoms with E-state index in [9.17, 15) is 4.79 Å². The zero-order valence-electron chi connectivity index (χ0n) is 12.5. The summed E-state index contributed by atoms with van der Waals surface area (Å²) < 4.78 is 0. The minimum Gasteiger partial charge on any atom is -0.356 e. The minimum absolute atomic E-state index is 0.143. The number of unbranched alkanes of at least 4 members (excludes halogenated alkanes) is 1. The van der Waals surface area contributed by atoms with Gasteiger partial charge in [0.25, 0.3) is 0 Å². The normalized spacial score (nSPS) is 12.2. The molecule has 0 saturated carbocycles. The maximum absolute atomic E-state index is 11.9. The Kier molecular flexibility index (Phi) is 7.24. The monoisotopic (exact) mass is 261 g/mol. The summed E-state index contributed by atoms with van der Waals surface area (Å²) in [6, 6.07) is 8.09. The zero-order valence-corrected chi connectivity index (χ0v) is 12.5. The van der Waals surface area contributed by atoms with E-state index in [1.807, 2.05) is 18.2 Å². The highest BCUT2D eigenvalue weighted by atomic mass is 16.1. The highest BCUT2D eigenvalue weighted by Gasteiger charge is 2.09. The van der Waals surface area contributed by atoms with Gasteiger partial charge in [-0.05, 0) is 30.4 Å². The van der Waals surface area contributed by atoms with Crippen LogP contribution in [0.15, 0.2) is 24.3 Å². The first-order chi connectivity index (χ1) is 9.17. The summed E-state index contributed by atoms with van der Waals surface area (Å²) in [5.74, 6) is 0.769. The van der Waals surface area contributed by atoms with Crippen LogP contribution in [-0.4, -0.2) is 12.5 Å². The Labute approximate surface area is 117 Å². The van der Waals surface area contributed by atoms with E-state index in [2.05, 4.69) is 32.2 Å². The van der Waals surface area contributed by atoms with E-state index in [0.29, 0.717) is 12.3 Å². The fraction of sp³-hybridized carbons (Fsp3) is 0.588. The largest absolute Gasteiger partial charge is 0.356 e. The summed E-state index contributed by atoms with van der Waals surface area (Å²) in [4.78, 5) is 11.9. The van der Waals surface area contributed by atoms with Crippen molar-refractivity contribution >= 4 is 5.91 Å². The predicted molar refractivity (Wildman–Crippen MR) is 81.2 cm³/mol. The second kappa shape index (κ2) is 8.73. The standard InChI is InChI=1S/C17H27NO/c1-4-6-10-15(5-2)13-18-17(19)12-16-11-8-7-9-14(16)3/h7-9,11,15H,4-6,10,12-13H2,1-3H3,(H,18,19). The molecule has 0 aromatic heterocycles. The maximum atomic E-state index is 11.9. The van der Waals surface area contributed by atoms with E-state index in [0.717, 1.165) is 18.5 Å². The molecule has 106 valence electrons. The van der Waals surface area contributed by atoms with Crippen molar-refractivity contribution in [3.63, 3.8) is 0 Å². The summed E-state index contributed by atoms with van der Waals surface area (Å²) >= 11 is 0. The molecule has 1 rings (SSSR count). The number of nitrogens with one attached hydrogen (secondary N) is 1. The van der Waals surface area contributed by atoms with E-state index in [1.54, 1.807) is 0 Å². The van der Waals surface area contributed by atoms with E-state index < -0.39 is 0 Å². The van der Waals surface area contributed by atoms with Crippen LogP contribution in [0.4, 0.5) is 0 Å². The van der Waals surface area contributed by atoms with Crippen molar-refractivity contribution in [2.75, 3.05) is 6.54 Å². The van der Waals surface area contributed by atoms with Crippen molar-refractivity contribution in [2.24, 2.45) is 5.92 Å². The molecule has 1 unspecified atom stereocenters. The Hall–Kier alpha value is -1.31. The Balaban J connectivity index is 2.37. The minimum atomic E-state index is 0.143. The molecule has 0 aliphatic carbocycles. The molecule has 0 spiro atoms. The molecule has 2 heteroatoms. The Morgan fingerprint density at radius 3 is 2.63 bits per heavy atom. The van der Waals surface area contributed by atoms with Gasteiger partial charge in [0, 0.05) is 6.54 Å². The molecule has 0 aliphatic heterocycles. The maximum Gasteiger partial charge on any atom is 0.224 e. The lowest BCUT2D eigenvalue weighted by molar-refractivity contribution is -0.120. The van der Waals surface area contributed by atoms with E-state index in [1.165, 1.54) is 24.8 Å². The second-order valence-electron chi connectivity index (χ2n) is 5.32. The van der Waals surface area contributed by atoms with Crippen LogP contribution < -0.4 is 5.32 Å². The van der Waals surface area contributed by atoms with Crippen molar-refractivity contribution in [2.45, 2.75) is 52.9 Å². The number of rotatable bonds is 8. The molecule has 0 fully saturated rings. The third-order valence-electron chi connectivity index (χ3n) is 3.74. The molecule has 1 atom stereocenters. The molecular weight excluding hydrogens is 234 g/mol. The molecule has 1 aromatic carbocycles. The zero-order chi connectivity index (χ0) is 14.1. The summed E-state index contributed by atoms with van der Waals surface area (Å²) in [5, 5.41) is 3.08. The number of benzene rings is 1. The number of aryl methyl sites for hydroxylation is 1. The van der Waals surface area contributed by atoms with Gasteiger partial charge in [0.2, 0.25) is 5.91 Å². The Morgan fingerprint density at radius 2 is 2.00 bits per heavy atom. The topological polar surface area (TPSA) is 29.1 Å². The molecule has 2 nitrogen and oxygen atoms in total. The van der Waals surface area contributed by atoms with Gasteiger partial charge >= 0.3 is 0 Å². The van der Waals surface area contributed by atoms with Crippen molar-refractivity contribution in [3.05, 3.63) is 35.4 Å². The summed E-state index contributed by atoms with van der Waals surface area (Å²) in [7, 11) is 0. The molecular formula is C17H27NO. The van der Waals surface area contributed by atoms with Gasteiger partial charge in [0.15, 0.2) is 0 Å². The number of carbonyl (C=O) groups excluding carboxylic acids is 1. The number of hydrogen-bond donors (Lipinski definition) is 1. The van der Waals surface area contributed by atoms with Gasteiger partial charge in [0.1, 0.15) is 0 Å². The number of amides is 1. The van der Waals surface area contributed by atoms with E-state index in [4.69, 9.17) is 0 Å². The molecule has 1 N–H and O–H groups in total. The van der Waals surface area contributed by atoms with Crippen LogP contribution in [0.3, 0.4) is 0 Å². The Morgan fingerprint density at radius 1 is 1.26 bits per heavy atom. The van der Waals surface area contributed by atoms with Crippen LogP contribution in [0.2, 0.25) is 0 Å². The van der Waals surface area contributed by atoms with Gasteiger partial charge in [-0.3, -0.25) is 4.79 Å². The summed E-state index contributed by atoms with van der Waals surface area (Å²) in [6.07, 6.45) is 5.35. The van der Waals surface area contributed by atoms with Crippen LogP contribution in [0.5, 0.6) is 0 Å². The fourth-order valence-corrected chi connectivity index (χ4v) is 2.25. The third kappa shape index (κ3) is 5.91. The fourth-order valence-electron chi connectivity index (χ4n) is 2.25. The molecule has 0 bridgehead atoms.